The summed E-state index contributed by atoms with van der Waals surface area (Å²) in [5, 5.41) is 20.8. The predicted molar refractivity (Wildman–Crippen MR) is 112 cm³/mol. The molecule has 0 bridgehead atoms. The minimum Gasteiger partial charge on any atom is -0.506 e. The third-order valence-electron chi connectivity index (χ3n) is 4.05. The fraction of sp³-hybridized carbons (Fsp3) is 0.105. The topological polar surface area (TPSA) is 90.4 Å². The van der Waals surface area contributed by atoms with E-state index in [-0.39, 0.29) is 5.75 Å². The van der Waals surface area contributed by atoms with Crippen molar-refractivity contribution in [3.63, 3.8) is 0 Å². The largest absolute Gasteiger partial charge is 0.506 e. The number of phenols is 1. The minimum atomic E-state index is -0.428. The second-order valence-electron chi connectivity index (χ2n) is 5.99. The quantitative estimate of drug-likeness (QED) is 0.365. The van der Waals surface area contributed by atoms with Gasteiger partial charge in [0.25, 0.3) is 5.91 Å². The second-order valence-corrected chi connectivity index (χ2v) is 7.76. The number of hydrogen-bond donors (Lipinski definition) is 3. The van der Waals surface area contributed by atoms with Gasteiger partial charge in [-0.3, -0.25) is 9.89 Å². The van der Waals surface area contributed by atoms with Crippen molar-refractivity contribution < 1.29 is 9.90 Å². The van der Waals surface area contributed by atoms with Crippen LogP contribution in [0.1, 0.15) is 27.2 Å². The summed E-state index contributed by atoms with van der Waals surface area (Å²) in [5.41, 5.74) is 7.13. The molecule has 0 fully saturated rings. The number of rotatable bonds is 4. The highest BCUT2D eigenvalue weighted by atomic mass is 79.9. The molecule has 0 aliphatic rings. The summed E-state index contributed by atoms with van der Waals surface area (Å²) >= 11 is 6.58. The Morgan fingerprint density at radius 1 is 1.19 bits per heavy atom. The number of aromatic amines is 1. The number of halogens is 2. The Labute approximate surface area is 173 Å². The first-order valence-electron chi connectivity index (χ1n) is 7.99. The average Bonchev–Trinajstić information content (AvgIpc) is 3.11. The lowest BCUT2D eigenvalue weighted by Crippen LogP contribution is -2.18. The summed E-state index contributed by atoms with van der Waals surface area (Å²) < 4.78 is 1.29. The zero-order chi connectivity index (χ0) is 19.6. The highest BCUT2D eigenvalue weighted by Gasteiger charge is 2.11. The van der Waals surface area contributed by atoms with E-state index in [1.807, 2.05) is 32.0 Å². The molecule has 0 radical (unpaired) electrons. The van der Waals surface area contributed by atoms with E-state index in [1.165, 1.54) is 11.8 Å². The van der Waals surface area contributed by atoms with Gasteiger partial charge in [0.1, 0.15) is 11.4 Å². The zero-order valence-corrected chi connectivity index (χ0v) is 17.7. The van der Waals surface area contributed by atoms with Crippen LogP contribution in [0.5, 0.6) is 5.75 Å². The molecule has 6 nitrogen and oxygen atoms in total. The van der Waals surface area contributed by atoms with Crippen LogP contribution in [0.2, 0.25) is 0 Å². The van der Waals surface area contributed by atoms with Crippen molar-refractivity contribution in [2.24, 2.45) is 5.10 Å². The fourth-order valence-corrected chi connectivity index (χ4v) is 3.65. The van der Waals surface area contributed by atoms with Gasteiger partial charge >= 0.3 is 0 Å². The van der Waals surface area contributed by atoms with E-state index in [1.54, 1.807) is 18.2 Å². The lowest BCUT2D eigenvalue weighted by Gasteiger charge is -2.03. The maximum absolute atomic E-state index is 12.2. The van der Waals surface area contributed by atoms with Crippen molar-refractivity contribution >= 4 is 44.0 Å². The molecule has 8 heteroatoms. The van der Waals surface area contributed by atoms with Gasteiger partial charge in [-0.1, -0.05) is 28.1 Å². The average molecular weight is 492 g/mol. The fourth-order valence-electron chi connectivity index (χ4n) is 2.39. The lowest BCUT2D eigenvalue weighted by atomic mass is 10.0. The molecule has 0 spiro atoms. The molecular weight excluding hydrogens is 476 g/mol. The number of H-pyrrole nitrogens is 1. The number of nitrogens with zero attached hydrogens (tertiary/aromatic N) is 2. The number of amides is 1. The van der Waals surface area contributed by atoms with Crippen LogP contribution in [0.3, 0.4) is 0 Å². The molecule has 0 saturated heterocycles. The maximum Gasteiger partial charge on any atom is 0.289 e. The molecule has 0 atom stereocenters. The summed E-state index contributed by atoms with van der Waals surface area (Å²) in [6.45, 7) is 4.08. The van der Waals surface area contributed by atoms with Crippen molar-refractivity contribution in [3.8, 4) is 17.0 Å². The van der Waals surface area contributed by atoms with Gasteiger partial charge in [-0.2, -0.15) is 10.2 Å². The number of hydrogen-bond acceptors (Lipinski definition) is 4. The summed E-state index contributed by atoms with van der Waals surface area (Å²) in [6.07, 6.45) is 1.36. The second kappa shape index (κ2) is 8.06. The van der Waals surface area contributed by atoms with Gasteiger partial charge < -0.3 is 5.11 Å². The third kappa shape index (κ3) is 4.45. The number of hydrazone groups is 1. The Hall–Kier alpha value is -2.45. The van der Waals surface area contributed by atoms with Crippen molar-refractivity contribution in [1.29, 1.82) is 0 Å². The van der Waals surface area contributed by atoms with E-state index in [4.69, 9.17) is 0 Å². The van der Waals surface area contributed by atoms with E-state index in [0.29, 0.717) is 21.4 Å². The molecule has 0 unspecified atom stereocenters. The first-order chi connectivity index (χ1) is 12.8. The van der Waals surface area contributed by atoms with E-state index in [2.05, 4.69) is 52.6 Å². The molecule has 138 valence electrons. The van der Waals surface area contributed by atoms with E-state index < -0.39 is 5.91 Å². The molecule has 0 saturated carbocycles. The molecule has 0 aliphatic heterocycles. The molecule has 1 amide bonds. The van der Waals surface area contributed by atoms with E-state index >= 15 is 0 Å². The minimum absolute atomic E-state index is 0.0368. The number of carbonyl (C=O) groups is 1. The van der Waals surface area contributed by atoms with Crippen LogP contribution in [0.15, 0.2) is 50.4 Å². The molecule has 0 aliphatic carbocycles. The van der Waals surface area contributed by atoms with Gasteiger partial charge in [0.2, 0.25) is 0 Å². The monoisotopic (exact) mass is 490 g/mol. The van der Waals surface area contributed by atoms with Crippen molar-refractivity contribution in [2.45, 2.75) is 13.8 Å². The van der Waals surface area contributed by atoms with E-state index in [0.717, 1.165) is 15.6 Å². The first kappa shape index (κ1) is 19.3. The van der Waals surface area contributed by atoms with Gasteiger partial charge in [0.05, 0.1) is 16.4 Å². The summed E-state index contributed by atoms with van der Waals surface area (Å²) in [5.74, 6) is -0.392. The number of phenolic OH excluding ortho intramolecular Hbond substituents is 1. The maximum atomic E-state index is 12.2. The third-order valence-corrected chi connectivity index (χ3v) is 5.11. The molecule has 2 aromatic carbocycles. The van der Waals surface area contributed by atoms with Gasteiger partial charge in [-0.25, -0.2) is 5.43 Å². The van der Waals surface area contributed by atoms with Crippen molar-refractivity contribution in [1.82, 2.24) is 15.6 Å². The number of carbonyl (C=O) groups excluding carboxylic acids is 1. The Morgan fingerprint density at radius 2 is 1.96 bits per heavy atom. The molecule has 3 rings (SSSR count). The predicted octanol–water partition coefficient (Wildman–Crippen LogP) is 4.69. The Morgan fingerprint density at radius 3 is 2.70 bits per heavy atom. The number of aromatic nitrogens is 2. The molecule has 1 aromatic heterocycles. The number of aryl methyl sites for hydroxylation is 2. The Bertz CT molecular complexity index is 1040. The van der Waals surface area contributed by atoms with Crippen LogP contribution in [0, 0.1) is 13.8 Å². The Balaban J connectivity index is 1.72. The molecular formula is C19H16Br2N4O2. The van der Waals surface area contributed by atoms with Crippen LogP contribution >= 0.6 is 31.9 Å². The standard InChI is InChI=1S/C19H16Br2N4O2/c1-10-3-4-12(5-11(10)2)16-8-17(24-23-16)19(27)25-22-9-13-6-14(20)7-15(21)18(13)26/h3-9,26H,1-2H3,(H,23,24)(H,25,27)/b22-9+. The molecule has 1 heterocycles. The number of nitrogens with one attached hydrogen (secondary N) is 2. The van der Waals surface area contributed by atoms with Crippen molar-refractivity contribution in [2.75, 3.05) is 0 Å². The van der Waals surface area contributed by atoms with Crippen LogP contribution in [0.25, 0.3) is 11.3 Å². The number of aromatic hydroxyl groups is 1. The Kier molecular flexibility index (Phi) is 5.76. The lowest BCUT2D eigenvalue weighted by molar-refractivity contribution is 0.0950. The van der Waals surface area contributed by atoms with Crippen LogP contribution in [-0.4, -0.2) is 27.4 Å². The van der Waals surface area contributed by atoms with Crippen LogP contribution < -0.4 is 5.43 Å². The van der Waals surface area contributed by atoms with Gasteiger partial charge in [-0.15, -0.1) is 0 Å². The zero-order valence-electron chi connectivity index (χ0n) is 14.5. The summed E-state index contributed by atoms with van der Waals surface area (Å²) in [6, 6.07) is 11.1. The molecule has 3 aromatic rings. The smallest absolute Gasteiger partial charge is 0.289 e. The number of benzene rings is 2. The molecule has 3 N–H and O–H groups in total. The summed E-state index contributed by atoms with van der Waals surface area (Å²) in [4.78, 5) is 12.2. The SMILES string of the molecule is Cc1ccc(-c2cc(C(=O)N/N=C/c3cc(Br)cc(Br)c3O)[nH]n2)cc1C. The molecule has 27 heavy (non-hydrogen) atoms. The normalized spacial score (nSPS) is 11.1. The first-order valence-corrected chi connectivity index (χ1v) is 9.58. The van der Waals surface area contributed by atoms with Gasteiger partial charge in [0.15, 0.2) is 0 Å². The van der Waals surface area contributed by atoms with E-state index in [9.17, 15) is 9.90 Å². The van der Waals surface area contributed by atoms with Gasteiger partial charge in [0, 0.05) is 15.6 Å². The van der Waals surface area contributed by atoms with Crippen LogP contribution in [-0.2, 0) is 0 Å². The van der Waals surface area contributed by atoms with Crippen molar-refractivity contribution in [3.05, 3.63) is 67.7 Å². The van der Waals surface area contributed by atoms with Gasteiger partial charge in [-0.05, 0) is 65.2 Å². The van der Waals surface area contributed by atoms with Crippen LogP contribution in [0.4, 0.5) is 0 Å². The summed E-state index contributed by atoms with van der Waals surface area (Å²) in [7, 11) is 0. The highest BCUT2D eigenvalue weighted by molar-refractivity contribution is 9.11. The highest BCUT2D eigenvalue weighted by Crippen LogP contribution is 2.30.